The molecule has 2 unspecified atom stereocenters. The molecular weight excluding hydrogens is 319 g/mol. The molecule has 2 fully saturated rings. The molecule has 2 saturated heterocycles. The standard InChI is InChI=1S/C17H23FN2O2.ClH/c1-22-16-5-2-11(8-15(16)18)10-19-17(21)9-12-6-13-3-4-14(7-12)20-13;/h2,5,8,12-14,20H,3-4,6-7,9-10H2,1H3,(H,19,21);1H. The third-order valence-corrected chi connectivity index (χ3v) is 4.75. The summed E-state index contributed by atoms with van der Waals surface area (Å²) in [4.78, 5) is 12.1. The number of methoxy groups -OCH3 is 1. The van der Waals surface area contributed by atoms with Gasteiger partial charge in [0, 0.05) is 25.0 Å². The van der Waals surface area contributed by atoms with Crippen LogP contribution < -0.4 is 15.4 Å². The van der Waals surface area contributed by atoms with Crippen LogP contribution in [0.2, 0.25) is 0 Å². The van der Waals surface area contributed by atoms with E-state index in [9.17, 15) is 9.18 Å². The SMILES string of the molecule is COc1ccc(CNC(=O)CC2CC3CCC(C2)N3)cc1F.Cl. The molecule has 23 heavy (non-hydrogen) atoms. The third kappa shape index (κ3) is 4.58. The number of rotatable bonds is 5. The Bertz CT molecular complexity index is 543. The Balaban J connectivity index is 0.00000192. The van der Waals surface area contributed by atoms with Gasteiger partial charge >= 0.3 is 0 Å². The van der Waals surface area contributed by atoms with Gasteiger partial charge in [-0.3, -0.25) is 4.79 Å². The minimum atomic E-state index is -0.399. The molecule has 0 saturated carbocycles. The highest BCUT2D eigenvalue weighted by Crippen LogP contribution is 2.32. The summed E-state index contributed by atoms with van der Waals surface area (Å²) in [6, 6.07) is 5.97. The molecule has 2 atom stereocenters. The lowest BCUT2D eigenvalue weighted by atomic mass is 9.89. The summed E-state index contributed by atoms with van der Waals surface area (Å²) >= 11 is 0. The summed E-state index contributed by atoms with van der Waals surface area (Å²) in [7, 11) is 1.44. The Kier molecular flexibility index (Phi) is 6.25. The van der Waals surface area contributed by atoms with E-state index in [2.05, 4.69) is 10.6 Å². The highest BCUT2D eigenvalue weighted by molar-refractivity contribution is 5.85. The van der Waals surface area contributed by atoms with Gasteiger partial charge in [0.1, 0.15) is 0 Å². The van der Waals surface area contributed by atoms with Crippen LogP contribution in [0.3, 0.4) is 0 Å². The number of carbonyl (C=O) groups excluding carboxylic acids is 1. The smallest absolute Gasteiger partial charge is 0.220 e. The van der Waals surface area contributed by atoms with Gasteiger partial charge in [0.15, 0.2) is 11.6 Å². The molecule has 4 nitrogen and oxygen atoms in total. The van der Waals surface area contributed by atoms with Crippen molar-refractivity contribution in [2.24, 2.45) is 5.92 Å². The van der Waals surface area contributed by atoms with E-state index in [0.717, 1.165) is 18.4 Å². The van der Waals surface area contributed by atoms with E-state index in [1.807, 2.05) is 0 Å². The summed E-state index contributed by atoms with van der Waals surface area (Å²) in [6.45, 7) is 0.359. The van der Waals surface area contributed by atoms with Crippen LogP contribution in [0.4, 0.5) is 4.39 Å². The molecule has 1 aromatic rings. The number of nitrogens with one attached hydrogen (secondary N) is 2. The lowest BCUT2D eigenvalue weighted by Crippen LogP contribution is -2.39. The largest absolute Gasteiger partial charge is 0.494 e. The molecule has 2 aliphatic heterocycles. The molecule has 2 N–H and O–H groups in total. The first-order valence-electron chi connectivity index (χ1n) is 7.99. The van der Waals surface area contributed by atoms with E-state index < -0.39 is 5.82 Å². The maximum absolute atomic E-state index is 13.6. The quantitative estimate of drug-likeness (QED) is 0.865. The Labute approximate surface area is 142 Å². The van der Waals surface area contributed by atoms with Gasteiger partial charge < -0.3 is 15.4 Å². The van der Waals surface area contributed by atoms with Crippen LogP contribution >= 0.6 is 12.4 Å². The van der Waals surface area contributed by atoms with Crippen molar-refractivity contribution in [3.8, 4) is 5.75 Å². The van der Waals surface area contributed by atoms with Crippen molar-refractivity contribution in [3.05, 3.63) is 29.6 Å². The minimum absolute atomic E-state index is 0. The fourth-order valence-electron chi connectivity index (χ4n) is 3.70. The number of amides is 1. The fraction of sp³-hybridized carbons (Fsp3) is 0.588. The minimum Gasteiger partial charge on any atom is -0.494 e. The van der Waals surface area contributed by atoms with E-state index >= 15 is 0 Å². The Morgan fingerprint density at radius 2 is 2.04 bits per heavy atom. The first-order valence-corrected chi connectivity index (χ1v) is 7.99. The van der Waals surface area contributed by atoms with Crippen LogP contribution in [-0.2, 0) is 11.3 Å². The summed E-state index contributed by atoms with van der Waals surface area (Å²) in [5, 5.41) is 6.48. The van der Waals surface area contributed by atoms with Crippen molar-refractivity contribution >= 4 is 18.3 Å². The van der Waals surface area contributed by atoms with Gasteiger partial charge in [-0.2, -0.15) is 0 Å². The van der Waals surface area contributed by atoms with E-state index in [0.29, 0.717) is 31.0 Å². The van der Waals surface area contributed by atoms with Crippen molar-refractivity contribution in [2.45, 2.75) is 50.7 Å². The molecule has 2 heterocycles. The van der Waals surface area contributed by atoms with Crippen LogP contribution in [0.1, 0.15) is 37.7 Å². The second kappa shape index (κ2) is 7.97. The van der Waals surface area contributed by atoms with Crippen molar-refractivity contribution in [3.63, 3.8) is 0 Å². The second-order valence-electron chi connectivity index (χ2n) is 6.43. The number of hydrogen-bond acceptors (Lipinski definition) is 3. The first kappa shape index (κ1) is 18.0. The van der Waals surface area contributed by atoms with Crippen LogP contribution in [0.5, 0.6) is 5.75 Å². The van der Waals surface area contributed by atoms with E-state index in [-0.39, 0.29) is 24.1 Å². The van der Waals surface area contributed by atoms with Crippen molar-refractivity contribution in [1.29, 1.82) is 0 Å². The first-order chi connectivity index (χ1) is 10.6. The van der Waals surface area contributed by atoms with Gasteiger partial charge in [-0.1, -0.05) is 6.07 Å². The molecule has 1 aromatic carbocycles. The third-order valence-electron chi connectivity index (χ3n) is 4.75. The molecular formula is C17H24ClFN2O2. The van der Waals surface area contributed by atoms with Gasteiger partial charge in [0.05, 0.1) is 7.11 Å². The summed E-state index contributed by atoms with van der Waals surface area (Å²) in [6.07, 6.45) is 5.26. The topological polar surface area (TPSA) is 50.4 Å². The van der Waals surface area contributed by atoms with Gasteiger partial charge in [0.25, 0.3) is 0 Å². The van der Waals surface area contributed by atoms with Gasteiger partial charge in [-0.05, 0) is 49.3 Å². The molecule has 0 radical (unpaired) electrons. The average Bonchev–Trinajstić information content (AvgIpc) is 2.84. The summed E-state index contributed by atoms with van der Waals surface area (Å²) < 4.78 is 18.5. The highest BCUT2D eigenvalue weighted by atomic mass is 35.5. The number of ether oxygens (including phenoxy) is 1. The number of carbonyl (C=O) groups is 1. The van der Waals surface area contributed by atoms with Crippen molar-refractivity contribution < 1.29 is 13.9 Å². The molecule has 128 valence electrons. The number of fused-ring (bicyclic) bond motifs is 2. The monoisotopic (exact) mass is 342 g/mol. The zero-order valence-electron chi connectivity index (χ0n) is 13.3. The molecule has 2 aliphatic rings. The number of piperidine rings is 1. The van der Waals surface area contributed by atoms with Gasteiger partial charge in [-0.25, -0.2) is 4.39 Å². The zero-order valence-corrected chi connectivity index (χ0v) is 14.1. The number of benzene rings is 1. The lowest BCUT2D eigenvalue weighted by Gasteiger charge is -2.28. The maximum Gasteiger partial charge on any atom is 0.220 e. The van der Waals surface area contributed by atoms with Crippen molar-refractivity contribution in [1.82, 2.24) is 10.6 Å². The van der Waals surface area contributed by atoms with Crippen LogP contribution in [-0.4, -0.2) is 25.1 Å². The van der Waals surface area contributed by atoms with Crippen LogP contribution in [0.25, 0.3) is 0 Å². The van der Waals surface area contributed by atoms with Gasteiger partial charge in [-0.15, -0.1) is 12.4 Å². The van der Waals surface area contributed by atoms with Crippen molar-refractivity contribution in [2.75, 3.05) is 7.11 Å². The maximum atomic E-state index is 13.6. The normalized spacial score (nSPS) is 25.6. The van der Waals surface area contributed by atoms with Crippen LogP contribution in [0, 0.1) is 11.7 Å². The molecule has 3 rings (SSSR count). The predicted octanol–water partition coefficient (Wildman–Crippen LogP) is 2.79. The predicted molar refractivity (Wildman–Crippen MR) is 89.3 cm³/mol. The molecule has 0 aromatic heterocycles. The fourth-order valence-corrected chi connectivity index (χ4v) is 3.70. The van der Waals surface area contributed by atoms with Gasteiger partial charge in [0.2, 0.25) is 5.91 Å². The number of halogens is 2. The Morgan fingerprint density at radius 1 is 1.35 bits per heavy atom. The average molecular weight is 343 g/mol. The Hall–Kier alpha value is -1.33. The highest BCUT2D eigenvalue weighted by Gasteiger charge is 2.34. The Morgan fingerprint density at radius 3 is 2.65 bits per heavy atom. The molecule has 0 aliphatic carbocycles. The molecule has 1 amide bonds. The molecule has 0 spiro atoms. The number of hydrogen-bond donors (Lipinski definition) is 2. The van der Waals surface area contributed by atoms with E-state index in [1.54, 1.807) is 12.1 Å². The summed E-state index contributed by atoms with van der Waals surface area (Å²) in [5.41, 5.74) is 0.747. The van der Waals surface area contributed by atoms with E-state index in [1.165, 1.54) is 26.0 Å². The molecule has 2 bridgehead atoms. The van der Waals surface area contributed by atoms with E-state index in [4.69, 9.17) is 4.74 Å². The molecule has 6 heteroatoms. The summed E-state index contributed by atoms with van der Waals surface area (Å²) in [5.74, 6) is 0.360. The lowest BCUT2D eigenvalue weighted by molar-refractivity contribution is -0.122. The second-order valence-corrected chi connectivity index (χ2v) is 6.43. The zero-order chi connectivity index (χ0) is 15.5. The van der Waals surface area contributed by atoms with Crippen LogP contribution in [0.15, 0.2) is 18.2 Å².